The Morgan fingerprint density at radius 2 is 0.942 bits per heavy atom. The van der Waals surface area contributed by atoms with Crippen molar-refractivity contribution in [3.05, 3.63) is 164 Å². The topological polar surface area (TPSA) is 65.0 Å². The maximum Gasteiger partial charge on any atom is 0.167 e. The third-order valence-electron chi connectivity index (χ3n) is 10.1. The van der Waals surface area contributed by atoms with E-state index in [2.05, 4.69) is 115 Å². The van der Waals surface area contributed by atoms with Gasteiger partial charge >= 0.3 is 0 Å². The van der Waals surface area contributed by atoms with Crippen LogP contribution in [0, 0.1) is 0 Å². The molecule has 0 atom stereocenters. The zero-order chi connectivity index (χ0) is 34.2. The summed E-state index contributed by atoms with van der Waals surface area (Å²) in [6.07, 6.45) is 0. The fraction of sp³-hybridized carbons (Fsp3) is 0. The highest BCUT2D eigenvalue weighted by molar-refractivity contribution is 6.19. The first-order valence-electron chi connectivity index (χ1n) is 17.3. The van der Waals surface area contributed by atoms with Crippen molar-refractivity contribution < 1.29 is 8.83 Å². The Kier molecular flexibility index (Phi) is 6.18. The molecule has 242 valence electrons. The third-order valence-corrected chi connectivity index (χ3v) is 10.1. The van der Waals surface area contributed by atoms with Crippen LogP contribution in [0.2, 0.25) is 0 Å². The van der Waals surface area contributed by atoms with E-state index >= 15 is 0 Å². The lowest BCUT2D eigenvalue weighted by Crippen LogP contribution is -2.00. The Morgan fingerprint density at radius 1 is 0.327 bits per heavy atom. The number of hydrogen-bond acceptors (Lipinski definition) is 5. The molecular weight excluding hydrogens is 639 g/mol. The van der Waals surface area contributed by atoms with Crippen LogP contribution in [0.25, 0.3) is 111 Å². The number of benzene rings is 8. The Hall–Kier alpha value is -7.11. The third kappa shape index (κ3) is 4.53. The van der Waals surface area contributed by atoms with E-state index in [1.807, 2.05) is 48.5 Å². The van der Waals surface area contributed by atoms with Crippen LogP contribution in [0.3, 0.4) is 0 Å². The summed E-state index contributed by atoms with van der Waals surface area (Å²) in [4.78, 5) is 15.3. The lowest BCUT2D eigenvalue weighted by Gasteiger charge is -2.10. The molecule has 5 nitrogen and oxygen atoms in total. The molecule has 0 fully saturated rings. The molecule has 0 saturated heterocycles. The van der Waals surface area contributed by atoms with Crippen molar-refractivity contribution >= 4 is 65.4 Å². The summed E-state index contributed by atoms with van der Waals surface area (Å²) in [5.41, 5.74) is 8.25. The van der Waals surface area contributed by atoms with Gasteiger partial charge in [0, 0.05) is 32.7 Å². The number of para-hydroxylation sites is 3. The van der Waals surface area contributed by atoms with Gasteiger partial charge in [-0.2, -0.15) is 0 Å². The summed E-state index contributed by atoms with van der Waals surface area (Å²) >= 11 is 0. The van der Waals surface area contributed by atoms with Crippen molar-refractivity contribution in [1.82, 2.24) is 15.0 Å². The van der Waals surface area contributed by atoms with Crippen LogP contribution in [-0.2, 0) is 0 Å². The summed E-state index contributed by atoms with van der Waals surface area (Å²) in [5, 5.41) is 8.95. The van der Waals surface area contributed by atoms with Crippen molar-refractivity contribution in [1.29, 1.82) is 0 Å². The second-order valence-electron chi connectivity index (χ2n) is 13.2. The zero-order valence-electron chi connectivity index (χ0n) is 27.7. The predicted octanol–water partition coefficient (Wildman–Crippen LogP) is 12.6. The van der Waals surface area contributed by atoms with Crippen LogP contribution in [-0.4, -0.2) is 15.0 Å². The smallest absolute Gasteiger partial charge is 0.167 e. The first-order chi connectivity index (χ1) is 25.7. The number of rotatable bonds is 4. The minimum Gasteiger partial charge on any atom is -0.456 e. The molecule has 11 rings (SSSR count). The number of aromatic nitrogens is 3. The molecular formula is C47H27N3O2. The highest BCUT2D eigenvalue weighted by Gasteiger charge is 2.19. The van der Waals surface area contributed by atoms with Gasteiger partial charge in [0.1, 0.15) is 22.3 Å². The van der Waals surface area contributed by atoms with Gasteiger partial charge in [-0.05, 0) is 69.1 Å². The molecule has 0 aliphatic heterocycles. The predicted molar refractivity (Wildman–Crippen MR) is 211 cm³/mol. The SMILES string of the molecule is c1ccc2cc(-c3ccc(-c4nc(-c5ccc6c(ccc7oc8ccccc8c76)c5)nc(-c5cccc6c5oc5ccccc56)n4)cc3)ccc2c1. The van der Waals surface area contributed by atoms with Crippen molar-refractivity contribution in [2.75, 3.05) is 0 Å². The quantitative estimate of drug-likeness (QED) is 0.187. The van der Waals surface area contributed by atoms with E-state index in [-0.39, 0.29) is 0 Å². The Balaban J connectivity index is 1.08. The van der Waals surface area contributed by atoms with Crippen LogP contribution in [0.15, 0.2) is 173 Å². The van der Waals surface area contributed by atoms with Crippen molar-refractivity contribution in [3.8, 4) is 45.3 Å². The molecule has 0 bridgehead atoms. The van der Waals surface area contributed by atoms with E-state index < -0.39 is 0 Å². The lowest BCUT2D eigenvalue weighted by molar-refractivity contribution is 0.669. The fourth-order valence-electron chi connectivity index (χ4n) is 7.55. The van der Waals surface area contributed by atoms with Gasteiger partial charge in [-0.25, -0.2) is 15.0 Å². The molecule has 0 radical (unpaired) electrons. The Morgan fingerprint density at radius 3 is 1.81 bits per heavy atom. The summed E-state index contributed by atoms with van der Waals surface area (Å²) in [6, 6.07) is 56.5. The van der Waals surface area contributed by atoms with Gasteiger partial charge < -0.3 is 8.83 Å². The average Bonchev–Trinajstić information content (AvgIpc) is 3.79. The van der Waals surface area contributed by atoms with Crippen LogP contribution in [0.4, 0.5) is 0 Å². The van der Waals surface area contributed by atoms with Crippen LogP contribution >= 0.6 is 0 Å². The molecule has 52 heavy (non-hydrogen) atoms. The first kappa shape index (κ1) is 28.7. The number of furan rings is 2. The second kappa shape index (κ2) is 11.2. The number of fused-ring (bicyclic) bond motifs is 9. The number of hydrogen-bond donors (Lipinski definition) is 0. The molecule has 0 saturated carbocycles. The monoisotopic (exact) mass is 665 g/mol. The maximum absolute atomic E-state index is 6.44. The molecule has 0 spiro atoms. The van der Waals surface area contributed by atoms with E-state index in [9.17, 15) is 0 Å². The van der Waals surface area contributed by atoms with Crippen LogP contribution in [0.5, 0.6) is 0 Å². The first-order valence-corrected chi connectivity index (χ1v) is 17.3. The van der Waals surface area contributed by atoms with Gasteiger partial charge in [0.2, 0.25) is 0 Å². The van der Waals surface area contributed by atoms with Gasteiger partial charge in [0.05, 0.1) is 5.56 Å². The lowest BCUT2D eigenvalue weighted by atomic mass is 10.00. The summed E-state index contributed by atoms with van der Waals surface area (Å²) in [5.74, 6) is 1.74. The molecule has 8 aromatic carbocycles. The van der Waals surface area contributed by atoms with E-state index in [1.165, 1.54) is 10.8 Å². The van der Waals surface area contributed by atoms with Crippen molar-refractivity contribution in [3.63, 3.8) is 0 Å². The van der Waals surface area contributed by atoms with Gasteiger partial charge in [-0.1, -0.05) is 127 Å². The average molecular weight is 666 g/mol. The van der Waals surface area contributed by atoms with Gasteiger partial charge in [0.25, 0.3) is 0 Å². The maximum atomic E-state index is 6.44. The van der Waals surface area contributed by atoms with E-state index in [0.717, 1.165) is 82.5 Å². The largest absolute Gasteiger partial charge is 0.456 e. The molecule has 3 aromatic heterocycles. The van der Waals surface area contributed by atoms with E-state index in [1.54, 1.807) is 0 Å². The van der Waals surface area contributed by atoms with Gasteiger partial charge in [0.15, 0.2) is 17.5 Å². The Bertz CT molecular complexity index is 3190. The Labute approximate surface area is 297 Å². The summed E-state index contributed by atoms with van der Waals surface area (Å²) < 4.78 is 12.6. The second-order valence-corrected chi connectivity index (χ2v) is 13.2. The number of nitrogens with zero attached hydrogens (tertiary/aromatic N) is 3. The minimum absolute atomic E-state index is 0.555. The molecule has 0 amide bonds. The highest BCUT2D eigenvalue weighted by atomic mass is 16.3. The van der Waals surface area contributed by atoms with Crippen LogP contribution < -0.4 is 0 Å². The minimum atomic E-state index is 0.555. The molecule has 0 unspecified atom stereocenters. The van der Waals surface area contributed by atoms with Gasteiger partial charge in [-0.15, -0.1) is 0 Å². The van der Waals surface area contributed by atoms with Crippen molar-refractivity contribution in [2.45, 2.75) is 0 Å². The highest BCUT2D eigenvalue weighted by Crippen LogP contribution is 2.38. The van der Waals surface area contributed by atoms with Gasteiger partial charge in [-0.3, -0.25) is 0 Å². The zero-order valence-corrected chi connectivity index (χ0v) is 27.7. The molecule has 3 heterocycles. The van der Waals surface area contributed by atoms with Crippen molar-refractivity contribution in [2.24, 2.45) is 0 Å². The molecule has 11 aromatic rings. The molecule has 0 aliphatic rings. The van der Waals surface area contributed by atoms with Crippen LogP contribution in [0.1, 0.15) is 0 Å². The standard InChI is InChI=1S/C47H27N3O2/c1-2-9-31-26-32(21-18-28(31)8-1)29-16-19-30(20-17-29)45-48-46(50-47(49-45)39-13-7-12-37-36-10-3-5-14-40(36)52-44(37)39)34-22-24-35-33(27-34)23-25-42-43(35)38-11-4-6-15-41(38)51-42/h1-27H. The molecule has 0 aliphatic carbocycles. The normalized spacial score (nSPS) is 11.8. The van der Waals surface area contributed by atoms with E-state index in [0.29, 0.717) is 17.5 Å². The summed E-state index contributed by atoms with van der Waals surface area (Å²) in [7, 11) is 0. The fourth-order valence-corrected chi connectivity index (χ4v) is 7.55. The van der Waals surface area contributed by atoms with E-state index in [4.69, 9.17) is 23.8 Å². The summed E-state index contributed by atoms with van der Waals surface area (Å²) in [6.45, 7) is 0. The molecule has 5 heteroatoms. The molecule has 0 N–H and O–H groups in total.